The molecule has 0 spiro atoms. The van der Waals surface area contributed by atoms with E-state index in [9.17, 15) is 4.79 Å². The van der Waals surface area contributed by atoms with Crippen molar-refractivity contribution in [2.45, 2.75) is 6.42 Å². The van der Waals surface area contributed by atoms with Crippen LogP contribution in [0, 0.1) is 0 Å². The van der Waals surface area contributed by atoms with Gasteiger partial charge in [-0.05, 0) is 35.9 Å². The van der Waals surface area contributed by atoms with Crippen LogP contribution in [-0.4, -0.2) is 25.9 Å². The molecule has 0 saturated heterocycles. The van der Waals surface area contributed by atoms with E-state index in [0.717, 1.165) is 21.7 Å². The van der Waals surface area contributed by atoms with Crippen LogP contribution in [0.15, 0.2) is 85.1 Å². The molecule has 0 radical (unpaired) electrons. The van der Waals surface area contributed by atoms with Gasteiger partial charge in [0.15, 0.2) is 10.8 Å². The fourth-order valence-corrected chi connectivity index (χ4v) is 4.72. The number of rotatable bonds is 6. The third-order valence-electron chi connectivity index (χ3n) is 5.08. The van der Waals surface area contributed by atoms with Gasteiger partial charge in [0.05, 0.1) is 5.69 Å². The lowest BCUT2D eigenvalue weighted by atomic mass is 10.1. The lowest BCUT2D eigenvalue weighted by Gasteiger charge is -2.08. The van der Waals surface area contributed by atoms with Crippen LogP contribution < -0.4 is 5.32 Å². The van der Waals surface area contributed by atoms with Crippen molar-refractivity contribution in [3.8, 4) is 16.9 Å². The van der Waals surface area contributed by atoms with Crippen LogP contribution in [0.4, 0.5) is 5.13 Å². The maximum atomic E-state index is 13.2. The van der Waals surface area contributed by atoms with E-state index in [-0.39, 0.29) is 11.6 Å². The molecule has 5 rings (SSSR count). The maximum Gasteiger partial charge on any atom is 0.280 e. The number of carbonyl (C=O) groups excluding carboxylic acids is 1. The molecule has 0 aliphatic heterocycles. The Labute approximate surface area is 209 Å². The van der Waals surface area contributed by atoms with E-state index in [1.165, 1.54) is 11.3 Å². The first-order valence-electron chi connectivity index (χ1n) is 10.3. The zero-order valence-electron chi connectivity index (χ0n) is 17.7. The van der Waals surface area contributed by atoms with E-state index in [1.807, 2.05) is 66.7 Å². The number of carbonyl (C=O) groups is 1. The van der Waals surface area contributed by atoms with E-state index in [1.54, 1.807) is 23.0 Å². The quantitative estimate of drug-likeness (QED) is 0.284. The molecular formula is C25H17Cl2N5OS. The van der Waals surface area contributed by atoms with E-state index in [2.05, 4.69) is 20.6 Å². The van der Waals surface area contributed by atoms with Crippen LogP contribution in [-0.2, 0) is 6.42 Å². The predicted octanol–water partition coefficient (Wildman–Crippen LogP) is 6.54. The van der Waals surface area contributed by atoms with Gasteiger partial charge in [-0.2, -0.15) is 0 Å². The molecule has 5 aromatic rings. The molecule has 1 N–H and O–H groups in total. The highest BCUT2D eigenvalue weighted by atomic mass is 35.5. The number of thiazole rings is 1. The number of hydrogen-bond acceptors (Lipinski definition) is 5. The Balaban J connectivity index is 1.43. The second kappa shape index (κ2) is 9.77. The Morgan fingerprint density at radius 1 is 0.971 bits per heavy atom. The van der Waals surface area contributed by atoms with Crippen molar-refractivity contribution in [2.75, 3.05) is 5.32 Å². The molecule has 0 unspecified atom stereocenters. The number of para-hydroxylation sites is 1. The number of anilines is 1. The molecule has 0 bridgehead atoms. The van der Waals surface area contributed by atoms with Crippen molar-refractivity contribution in [3.05, 3.63) is 111 Å². The summed E-state index contributed by atoms with van der Waals surface area (Å²) >= 11 is 13.7. The van der Waals surface area contributed by atoms with Gasteiger partial charge < -0.3 is 0 Å². The van der Waals surface area contributed by atoms with E-state index < -0.39 is 0 Å². The van der Waals surface area contributed by atoms with Crippen molar-refractivity contribution in [2.24, 2.45) is 0 Å². The molecule has 6 nitrogen and oxygen atoms in total. The van der Waals surface area contributed by atoms with E-state index >= 15 is 0 Å². The first-order valence-corrected chi connectivity index (χ1v) is 11.9. The Kier molecular flexibility index (Phi) is 6.40. The van der Waals surface area contributed by atoms with Gasteiger partial charge in [0.1, 0.15) is 5.69 Å². The summed E-state index contributed by atoms with van der Waals surface area (Å²) in [7, 11) is 0. The molecule has 0 atom stereocenters. The Morgan fingerprint density at radius 3 is 2.47 bits per heavy atom. The first-order chi connectivity index (χ1) is 16.6. The summed E-state index contributed by atoms with van der Waals surface area (Å²) in [5, 5.41) is 13.0. The SMILES string of the molecule is O=C(Nc1ncc(Cc2cc(Cl)ccc2Cl)s1)c1nnn(-c2ccccc2)c1-c1ccccc1. The van der Waals surface area contributed by atoms with Crippen molar-refractivity contribution in [1.29, 1.82) is 0 Å². The third kappa shape index (κ3) is 4.72. The number of aromatic nitrogens is 4. The van der Waals surface area contributed by atoms with Crippen molar-refractivity contribution >= 4 is 45.6 Å². The maximum absolute atomic E-state index is 13.2. The summed E-state index contributed by atoms with van der Waals surface area (Å²) in [4.78, 5) is 18.5. The average Bonchev–Trinajstić information content (AvgIpc) is 3.50. The smallest absolute Gasteiger partial charge is 0.280 e. The van der Waals surface area contributed by atoms with Gasteiger partial charge in [-0.15, -0.1) is 16.4 Å². The molecule has 0 aliphatic carbocycles. The number of halogens is 2. The van der Waals surface area contributed by atoms with Crippen molar-refractivity contribution < 1.29 is 4.79 Å². The second-order valence-electron chi connectivity index (χ2n) is 7.40. The summed E-state index contributed by atoms with van der Waals surface area (Å²) in [6.45, 7) is 0. The van der Waals surface area contributed by atoms with Crippen LogP contribution in [0.5, 0.6) is 0 Å². The van der Waals surface area contributed by atoms with E-state index in [4.69, 9.17) is 23.2 Å². The molecule has 2 aromatic heterocycles. The van der Waals surface area contributed by atoms with E-state index in [0.29, 0.717) is 27.3 Å². The Hall–Kier alpha value is -3.52. The molecule has 0 fully saturated rings. The largest absolute Gasteiger partial charge is 0.296 e. The van der Waals surface area contributed by atoms with Crippen LogP contribution in [0.2, 0.25) is 10.0 Å². The molecule has 168 valence electrons. The molecule has 0 aliphatic rings. The molecule has 0 saturated carbocycles. The highest BCUT2D eigenvalue weighted by Gasteiger charge is 2.23. The van der Waals surface area contributed by atoms with Crippen LogP contribution >= 0.6 is 34.5 Å². The summed E-state index contributed by atoms with van der Waals surface area (Å²) < 4.78 is 1.67. The summed E-state index contributed by atoms with van der Waals surface area (Å²) in [6, 6.07) is 24.5. The van der Waals surface area contributed by atoms with Gasteiger partial charge in [-0.1, -0.05) is 76.9 Å². The fraction of sp³-hybridized carbons (Fsp3) is 0.0400. The highest BCUT2D eigenvalue weighted by molar-refractivity contribution is 7.15. The standard InChI is InChI=1S/C25H17Cl2N5OS/c26-18-11-12-21(27)17(13-18)14-20-15-28-25(34-20)29-24(33)22-23(16-7-3-1-4-8-16)32(31-30-22)19-9-5-2-6-10-19/h1-13,15H,14H2,(H,28,29,33). The fourth-order valence-electron chi connectivity index (χ4n) is 3.51. The van der Waals surface area contributed by atoms with Crippen molar-refractivity contribution in [3.63, 3.8) is 0 Å². The second-order valence-corrected chi connectivity index (χ2v) is 9.36. The molecular weight excluding hydrogens is 489 g/mol. The lowest BCUT2D eigenvalue weighted by molar-refractivity contribution is 0.102. The Bertz CT molecular complexity index is 1450. The van der Waals surface area contributed by atoms with Gasteiger partial charge in [0, 0.05) is 33.1 Å². The normalized spacial score (nSPS) is 10.9. The van der Waals surface area contributed by atoms with Gasteiger partial charge in [0.25, 0.3) is 5.91 Å². The van der Waals surface area contributed by atoms with Gasteiger partial charge in [-0.25, -0.2) is 9.67 Å². The van der Waals surface area contributed by atoms with Gasteiger partial charge in [-0.3, -0.25) is 10.1 Å². The number of amides is 1. The number of nitrogens with one attached hydrogen (secondary N) is 1. The molecule has 9 heteroatoms. The highest BCUT2D eigenvalue weighted by Crippen LogP contribution is 2.29. The molecule has 1 amide bonds. The lowest BCUT2D eigenvalue weighted by Crippen LogP contribution is -2.14. The zero-order valence-corrected chi connectivity index (χ0v) is 20.0. The third-order valence-corrected chi connectivity index (χ3v) is 6.60. The minimum atomic E-state index is -0.386. The minimum absolute atomic E-state index is 0.213. The number of nitrogens with zero attached hydrogens (tertiary/aromatic N) is 4. The monoisotopic (exact) mass is 505 g/mol. The molecule has 3 aromatic carbocycles. The van der Waals surface area contributed by atoms with Gasteiger partial charge >= 0.3 is 0 Å². The van der Waals surface area contributed by atoms with Crippen molar-refractivity contribution in [1.82, 2.24) is 20.0 Å². The summed E-state index contributed by atoms with van der Waals surface area (Å²) in [5.74, 6) is -0.386. The molecule has 34 heavy (non-hydrogen) atoms. The predicted molar refractivity (Wildman–Crippen MR) is 136 cm³/mol. The van der Waals surface area contributed by atoms with Gasteiger partial charge in [0.2, 0.25) is 0 Å². The average molecular weight is 506 g/mol. The summed E-state index contributed by atoms with van der Waals surface area (Å²) in [5.41, 5.74) is 3.35. The number of hydrogen-bond donors (Lipinski definition) is 1. The topological polar surface area (TPSA) is 72.7 Å². The van der Waals surface area contributed by atoms with Crippen LogP contribution in [0.1, 0.15) is 20.9 Å². The van der Waals surface area contributed by atoms with Crippen LogP contribution in [0.25, 0.3) is 16.9 Å². The molecule has 2 heterocycles. The first kappa shape index (κ1) is 22.3. The zero-order chi connectivity index (χ0) is 23.5. The van der Waals surface area contributed by atoms with Crippen LogP contribution in [0.3, 0.4) is 0 Å². The Morgan fingerprint density at radius 2 is 1.71 bits per heavy atom. The number of benzene rings is 3. The minimum Gasteiger partial charge on any atom is -0.296 e. The summed E-state index contributed by atoms with van der Waals surface area (Å²) in [6.07, 6.45) is 2.28.